The Morgan fingerprint density at radius 3 is 2.47 bits per heavy atom. The molecule has 6 heteroatoms. The van der Waals surface area contributed by atoms with Crippen molar-refractivity contribution in [1.29, 1.82) is 0 Å². The molecule has 0 heterocycles. The monoisotopic (exact) mass is 248 g/mol. The standard InChI is InChI=1S/C11H15F3N2O/c1-16(7-11(12,13)14)6-8-3-4-9(17-2)5-10(8)15/h3-5H,6-7,15H2,1-2H3. The third-order valence-corrected chi connectivity index (χ3v) is 2.24. The van der Waals surface area contributed by atoms with Crippen LogP contribution in [0.2, 0.25) is 0 Å². The van der Waals surface area contributed by atoms with Crippen molar-refractivity contribution in [3.63, 3.8) is 0 Å². The normalized spacial score (nSPS) is 11.9. The first-order valence-corrected chi connectivity index (χ1v) is 4.99. The molecule has 2 N–H and O–H groups in total. The molecule has 0 saturated carbocycles. The van der Waals surface area contributed by atoms with E-state index in [9.17, 15) is 13.2 Å². The number of halogens is 3. The van der Waals surface area contributed by atoms with Gasteiger partial charge in [0.25, 0.3) is 0 Å². The Bertz CT molecular complexity index is 379. The molecule has 0 radical (unpaired) electrons. The van der Waals surface area contributed by atoms with Crippen molar-refractivity contribution in [3.8, 4) is 5.75 Å². The van der Waals surface area contributed by atoms with Gasteiger partial charge in [-0.1, -0.05) is 6.07 Å². The van der Waals surface area contributed by atoms with E-state index < -0.39 is 12.7 Å². The summed E-state index contributed by atoms with van der Waals surface area (Å²) in [6.07, 6.45) is -4.20. The van der Waals surface area contributed by atoms with E-state index >= 15 is 0 Å². The van der Waals surface area contributed by atoms with Gasteiger partial charge in [-0.2, -0.15) is 13.2 Å². The minimum Gasteiger partial charge on any atom is -0.497 e. The SMILES string of the molecule is COc1ccc(CN(C)CC(F)(F)F)c(N)c1. The smallest absolute Gasteiger partial charge is 0.401 e. The maximum Gasteiger partial charge on any atom is 0.401 e. The molecule has 0 aliphatic carbocycles. The lowest BCUT2D eigenvalue weighted by Gasteiger charge is -2.19. The molecule has 1 rings (SSSR count). The van der Waals surface area contributed by atoms with E-state index in [0.717, 1.165) is 4.90 Å². The fourth-order valence-electron chi connectivity index (χ4n) is 1.50. The molecule has 1 aromatic carbocycles. The van der Waals surface area contributed by atoms with Crippen molar-refractivity contribution in [2.45, 2.75) is 12.7 Å². The van der Waals surface area contributed by atoms with Gasteiger partial charge in [-0.25, -0.2) is 0 Å². The van der Waals surface area contributed by atoms with E-state index in [4.69, 9.17) is 10.5 Å². The van der Waals surface area contributed by atoms with Crippen molar-refractivity contribution >= 4 is 5.69 Å². The Hall–Kier alpha value is -1.43. The zero-order chi connectivity index (χ0) is 13.1. The molecule has 0 aliphatic heterocycles. The van der Waals surface area contributed by atoms with E-state index in [1.165, 1.54) is 14.2 Å². The fourth-order valence-corrected chi connectivity index (χ4v) is 1.50. The van der Waals surface area contributed by atoms with Crippen molar-refractivity contribution in [2.75, 3.05) is 26.4 Å². The molecule has 96 valence electrons. The number of methoxy groups -OCH3 is 1. The molecule has 0 amide bonds. The van der Waals surface area contributed by atoms with Gasteiger partial charge in [-0.15, -0.1) is 0 Å². The summed E-state index contributed by atoms with van der Waals surface area (Å²) in [6, 6.07) is 4.94. The molecule has 0 aromatic heterocycles. The molecule has 0 aliphatic rings. The molecule has 0 saturated heterocycles. The summed E-state index contributed by atoms with van der Waals surface area (Å²) < 4.78 is 41.4. The predicted octanol–water partition coefficient (Wildman–Crippen LogP) is 2.27. The zero-order valence-electron chi connectivity index (χ0n) is 9.71. The van der Waals surface area contributed by atoms with E-state index in [-0.39, 0.29) is 6.54 Å². The molecule has 17 heavy (non-hydrogen) atoms. The number of rotatable bonds is 4. The third kappa shape index (κ3) is 4.52. The third-order valence-electron chi connectivity index (χ3n) is 2.24. The molecular weight excluding hydrogens is 233 g/mol. The molecule has 3 nitrogen and oxygen atoms in total. The first-order chi connectivity index (χ1) is 7.81. The van der Waals surface area contributed by atoms with E-state index in [1.807, 2.05) is 0 Å². The lowest BCUT2D eigenvalue weighted by molar-refractivity contribution is -0.144. The summed E-state index contributed by atoms with van der Waals surface area (Å²) in [6.45, 7) is -0.812. The predicted molar refractivity (Wildman–Crippen MR) is 59.8 cm³/mol. The average molecular weight is 248 g/mol. The second-order valence-corrected chi connectivity index (χ2v) is 3.85. The Morgan fingerprint density at radius 2 is 2.00 bits per heavy atom. The number of anilines is 1. The van der Waals surface area contributed by atoms with Crippen LogP contribution in [0.4, 0.5) is 18.9 Å². The number of benzene rings is 1. The highest BCUT2D eigenvalue weighted by molar-refractivity contribution is 5.51. The lowest BCUT2D eigenvalue weighted by Crippen LogP contribution is -2.30. The number of hydrogen-bond acceptors (Lipinski definition) is 3. The highest BCUT2D eigenvalue weighted by atomic mass is 19.4. The minimum absolute atomic E-state index is 0.148. The topological polar surface area (TPSA) is 38.5 Å². The summed E-state index contributed by atoms with van der Waals surface area (Å²) in [7, 11) is 2.90. The van der Waals surface area contributed by atoms with Crippen LogP contribution in [0.3, 0.4) is 0 Å². The molecule has 0 bridgehead atoms. The Morgan fingerprint density at radius 1 is 1.35 bits per heavy atom. The van der Waals surface area contributed by atoms with Gasteiger partial charge >= 0.3 is 6.18 Å². The number of nitrogens with two attached hydrogens (primary N) is 1. The van der Waals surface area contributed by atoms with Gasteiger partial charge in [0, 0.05) is 18.3 Å². The highest BCUT2D eigenvalue weighted by Gasteiger charge is 2.29. The van der Waals surface area contributed by atoms with Crippen LogP contribution < -0.4 is 10.5 Å². The van der Waals surface area contributed by atoms with Crippen molar-refractivity contribution in [1.82, 2.24) is 4.90 Å². The number of ether oxygens (including phenoxy) is 1. The van der Waals surface area contributed by atoms with Crippen LogP contribution in [-0.2, 0) is 6.54 Å². The summed E-state index contributed by atoms with van der Waals surface area (Å²) in [5, 5.41) is 0. The van der Waals surface area contributed by atoms with Gasteiger partial charge in [0.15, 0.2) is 0 Å². The molecule has 0 fully saturated rings. The Labute approximate surface area is 98.0 Å². The summed E-state index contributed by atoms with van der Waals surface area (Å²) >= 11 is 0. The average Bonchev–Trinajstić information content (AvgIpc) is 2.18. The van der Waals surface area contributed by atoms with Crippen LogP contribution in [-0.4, -0.2) is 31.8 Å². The van der Waals surface area contributed by atoms with Crippen molar-refractivity contribution < 1.29 is 17.9 Å². The van der Waals surface area contributed by atoms with Crippen LogP contribution in [0.1, 0.15) is 5.56 Å². The van der Waals surface area contributed by atoms with Gasteiger partial charge in [0.1, 0.15) is 5.75 Å². The van der Waals surface area contributed by atoms with Gasteiger partial charge in [0.2, 0.25) is 0 Å². The Kier molecular flexibility index (Phi) is 4.22. The Balaban J connectivity index is 2.68. The zero-order valence-corrected chi connectivity index (χ0v) is 9.71. The summed E-state index contributed by atoms with van der Waals surface area (Å²) in [4.78, 5) is 1.16. The van der Waals surface area contributed by atoms with Crippen LogP contribution >= 0.6 is 0 Å². The second-order valence-electron chi connectivity index (χ2n) is 3.85. The van der Waals surface area contributed by atoms with Gasteiger partial charge < -0.3 is 10.5 Å². The first-order valence-electron chi connectivity index (χ1n) is 4.99. The van der Waals surface area contributed by atoms with Crippen LogP contribution in [0.15, 0.2) is 18.2 Å². The van der Waals surface area contributed by atoms with E-state index in [1.54, 1.807) is 18.2 Å². The molecule has 1 aromatic rings. The molecule has 0 unspecified atom stereocenters. The molecular formula is C11H15F3N2O. The highest BCUT2D eigenvalue weighted by Crippen LogP contribution is 2.22. The number of alkyl halides is 3. The van der Waals surface area contributed by atoms with Gasteiger partial charge in [0.05, 0.1) is 13.7 Å². The van der Waals surface area contributed by atoms with Gasteiger partial charge in [-0.05, 0) is 18.7 Å². The van der Waals surface area contributed by atoms with Crippen LogP contribution in [0.25, 0.3) is 0 Å². The van der Waals surface area contributed by atoms with Crippen molar-refractivity contribution in [3.05, 3.63) is 23.8 Å². The number of nitrogen functional groups attached to an aromatic ring is 1. The maximum atomic E-state index is 12.1. The summed E-state index contributed by atoms with van der Waals surface area (Å²) in [5.41, 5.74) is 6.80. The lowest BCUT2D eigenvalue weighted by atomic mass is 10.1. The van der Waals surface area contributed by atoms with Gasteiger partial charge in [-0.3, -0.25) is 4.90 Å². The van der Waals surface area contributed by atoms with E-state index in [0.29, 0.717) is 17.0 Å². The van der Waals surface area contributed by atoms with Crippen LogP contribution in [0.5, 0.6) is 5.75 Å². The fraction of sp³-hybridized carbons (Fsp3) is 0.455. The summed E-state index contributed by atoms with van der Waals surface area (Å²) in [5.74, 6) is 0.588. The van der Waals surface area contributed by atoms with Crippen molar-refractivity contribution in [2.24, 2.45) is 0 Å². The second kappa shape index (κ2) is 5.27. The van der Waals surface area contributed by atoms with E-state index in [2.05, 4.69) is 0 Å². The molecule has 0 atom stereocenters. The minimum atomic E-state index is -4.20. The number of hydrogen-bond donors (Lipinski definition) is 1. The largest absolute Gasteiger partial charge is 0.497 e. The van der Waals surface area contributed by atoms with Crippen LogP contribution in [0, 0.1) is 0 Å². The first kappa shape index (κ1) is 13.6. The quantitative estimate of drug-likeness (QED) is 0.831. The number of nitrogens with zero attached hydrogens (tertiary/aromatic N) is 1. The molecule has 0 spiro atoms. The maximum absolute atomic E-state index is 12.1.